The number of hydrogen-bond acceptors (Lipinski definition) is 6. The molecule has 0 atom stereocenters. The fourth-order valence-electron chi connectivity index (χ4n) is 1.92. The van der Waals surface area contributed by atoms with Crippen LogP contribution in [0.15, 0.2) is 12.1 Å². The third-order valence-corrected chi connectivity index (χ3v) is 5.03. The smallest absolute Gasteiger partial charge is 0.357 e. The summed E-state index contributed by atoms with van der Waals surface area (Å²) in [5.41, 5.74) is 1.37. The second-order valence-corrected chi connectivity index (χ2v) is 5.94. The number of esters is 1. The number of rotatable bonds is 2. The maximum atomic E-state index is 11.4. The highest BCUT2D eigenvalue weighted by molar-refractivity contribution is 7.24. The molecule has 3 heterocycles. The minimum atomic E-state index is -0.401. The number of aromatic nitrogens is 3. The lowest BCUT2D eigenvalue weighted by atomic mass is 10.3. The Balaban J connectivity index is 2.06. The number of methoxy groups -OCH3 is 1. The number of fused-ring (bicyclic) bond motifs is 1. The van der Waals surface area contributed by atoms with Crippen molar-refractivity contribution in [2.24, 2.45) is 7.05 Å². The molecule has 0 aliphatic carbocycles. The highest BCUT2D eigenvalue weighted by atomic mass is 32.1. The van der Waals surface area contributed by atoms with Gasteiger partial charge in [-0.2, -0.15) is 9.47 Å². The lowest BCUT2D eigenvalue weighted by Crippen LogP contribution is -2.00. The van der Waals surface area contributed by atoms with Crippen LogP contribution in [0, 0.1) is 6.92 Å². The molecular weight excluding hydrogens is 282 g/mol. The zero-order chi connectivity index (χ0) is 13.6. The molecule has 0 saturated carbocycles. The van der Waals surface area contributed by atoms with Crippen molar-refractivity contribution in [3.63, 3.8) is 0 Å². The molecule has 3 aromatic heterocycles. The van der Waals surface area contributed by atoms with E-state index in [1.807, 2.05) is 18.7 Å². The Morgan fingerprint density at radius 2 is 2.16 bits per heavy atom. The fraction of sp³-hybridized carbons (Fsp3) is 0.250. The van der Waals surface area contributed by atoms with Crippen molar-refractivity contribution in [3.8, 4) is 9.75 Å². The number of ether oxygens (including phenoxy) is 1. The first-order chi connectivity index (χ1) is 9.10. The molecule has 0 aromatic carbocycles. The first-order valence-corrected chi connectivity index (χ1v) is 7.17. The molecule has 3 aromatic rings. The molecule has 0 saturated heterocycles. The van der Waals surface area contributed by atoms with Gasteiger partial charge >= 0.3 is 5.97 Å². The van der Waals surface area contributed by atoms with Crippen molar-refractivity contribution >= 4 is 39.1 Å². The monoisotopic (exact) mass is 293 g/mol. The quantitative estimate of drug-likeness (QED) is 0.682. The third-order valence-electron chi connectivity index (χ3n) is 2.84. The van der Waals surface area contributed by atoms with Crippen LogP contribution in [-0.2, 0) is 11.8 Å². The number of aryl methyl sites for hydroxylation is 2. The molecule has 98 valence electrons. The van der Waals surface area contributed by atoms with E-state index in [0.717, 1.165) is 25.7 Å². The second-order valence-electron chi connectivity index (χ2n) is 4.11. The van der Waals surface area contributed by atoms with Crippen LogP contribution in [0.3, 0.4) is 0 Å². The molecule has 0 aliphatic rings. The predicted octanol–water partition coefficient (Wildman–Crippen LogP) is 2.85. The average Bonchev–Trinajstić information content (AvgIpc) is 3.07. The van der Waals surface area contributed by atoms with Gasteiger partial charge in [0.2, 0.25) is 0 Å². The number of nitrogens with zero attached hydrogens (tertiary/aromatic N) is 3. The average molecular weight is 293 g/mol. The fourth-order valence-corrected chi connectivity index (χ4v) is 3.83. The Kier molecular flexibility index (Phi) is 2.87. The van der Waals surface area contributed by atoms with E-state index >= 15 is 0 Å². The predicted molar refractivity (Wildman–Crippen MR) is 75.8 cm³/mol. The molecule has 0 aliphatic heterocycles. The minimum absolute atomic E-state index is 0.356. The maximum Gasteiger partial charge on any atom is 0.357 e. The highest BCUT2D eigenvalue weighted by Crippen LogP contribution is 2.36. The van der Waals surface area contributed by atoms with Gasteiger partial charge in [0.25, 0.3) is 0 Å². The van der Waals surface area contributed by atoms with Gasteiger partial charge in [0.1, 0.15) is 4.83 Å². The summed E-state index contributed by atoms with van der Waals surface area (Å²) < 4.78 is 10.7. The third kappa shape index (κ3) is 1.95. The van der Waals surface area contributed by atoms with Crippen molar-refractivity contribution in [3.05, 3.63) is 23.5 Å². The number of carbonyl (C=O) groups excluding carboxylic acids is 1. The van der Waals surface area contributed by atoms with Crippen molar-refractivity contribution in [2.45, 2.75) is 6.92 Å². The molecule has 7 heteroatoms. The van der Waals surface area contributed by atoms with Gasteiger partial charge in [0.05, 0.1) is 17.7 Å². The van der Waals surface area contributed by atoms with E-state index in [9.17, 15) is 4.79 Å². The molecule has 0 N–H and O–H groups in total. The summed E-state index contributed by atoms with van der Waals surface area (Å²) in [6.45, 7) is 1.99. The molecule has 0 bridgehead atoms. The number of carbonyl (C=O) groups is 1. The van der Waals surface area contributed by atoms with Gasteiger partial charge in [-0.1, -0.05) is 0 Å². The first kappa shape index (κ1) is 12.3. The Morgan fingerprint density at radius 3 is 2.84 bits per heavy atom. The Bertz CT molecular complexity index is 735. The molecule has 0 spiro atoms. The molecule has 0 fully saturated rings. The second kappa shape index (κ2) is 4.43. The van der Waals surface area contributed by atoms with E-state index in [2.05, 4.69) is 20.3 Å². The van der Waals surface area contributed by atoms with Gasteiger partial charge < -0.3 is 4.74 Å². The summed E-state index contributed by atoms with van der Waals surface area (Å²) in [6.07, 6.45) is 0. The van der Waals surface area contributed by atoms with Gasteiger partial charge in [0, 0.05) is 17.3 Å². The van der Waals surface area contributed by atoms with Gasteiger partial charge in [-0.25, -0.2) is 4.79 Å². The SMILES string of the molecule is COC(=O)c1cc(-c2cc3c(C)nn(C)c3s2)sn1. The van der Waals surface area contributed by atoms with E-state index < -0.39 is 5.97 Å². The zero-order valence-electron chi connectivity index (χ0n) is 10.6. The van der Waals surface area contributed by atoms with E-state index in [0.29, 0.717) is 5.69 Å². The lowest BCUT2D eigenvalue weighted by Gasteiger charge is -1.91. The maximum absolute atomic E-state index is 11.4. The van der Waals surface area contributed by atoms with E-state index in [-0.39, 0.29) is 0 Å². The van der Waals surface area contributed by atoms with Crippen LogP contribution in [0.2, 0.25) is 0 Å². The highest BCUT2D eigenvalue weighted by Gasteiger charge is 2.16. The minimum Gasteiger partial charge on any atom is -0.464 e. The Hall–Kier alpha value is -1.73. The van der Waals surface area contributed by atoms with Crippen molar-refractivity contribution in [2.75, 3.05) is 7.11 Å². The molecule has 5 nitrogen and oxygen atoms in total. The van der Waals surface area contributed by atoms with E-state index in [1.165, 1.54) is 18.6 Å². The Morgan fingerprint density at radius 1 is 1.37 bits per heavy atom. The molecule has 0 unspecified atom stereocenters. The summed E-state index contributed by atoms with van der Waals surface area (Å²) >= 11 is 2.96. The molecule has 0 radical (unpaired) electrons. The molecule has 0 amide bonds. The first-order valence-electron chi connectivity index (χ1n) is 5.58. The summed E-state index contributed by atoms with van der Waals surface area (Å²) in [5.74, 6) is -0.401. The van der Waals surface area contributed by atoms with Crippen LogP contribution < -0.4 is 0 Å². The number of thiophene rings is 1. The number of hydrogen-bond donors (Lipinski definition) is 0. The van der Waals surface area contributed by atoms with Gasteiger partial charge in [-0.3, -0.25) is 4.68 Å². The summed E-state index contributed by atoms with van der Waals surface area (Å²) in [5, 5.41) is 5.52. The van der Waals surface area contributed by atoms with Gasteiger partial charge in [-0.05, 0) is 30.6 Å². The molecular formula is C12H11N3O2S2. The summed E-state index contributed by atoms with van der Waals surface area (Å²) in [6, 6.07) is 3.86. The van der Waals surface area contributed by atoms with Crippen molar-refractivity contribution < 1.29 is 9.53 Å². The normalized spacial score (nSPS) is 11.1. The van der Waals surface area contributed by atoms with Crippen molar-refractivity contribution in [1.29, 1.82) is 0 Å². The van der Waals surface area contributed by atoms with Crippen LogP contribution in [0.25, 0.3) is 20.0 Å². The topological polar surface area (TPSA) is 57.0 Å². The standard InChI is InChI=1S/C12H11N3O2S2/c1-6-7-4-9(18-11(7)15(2)13-6)10-5-8(14-19-10)12(16)17-3/h4-5H,1-3H3. The van der Waals surface area contributed by atoms with Gasteiger partial charge in [0.15, 0.2) is 5.69 Å². The molecule has 3 rings (SSSR count). The largest absolute Gasteiger partial charge is 0.464 e. The van der Waals surface area contributed by atoms with Crippen LogP contribution in [0.4, 0.5) is 0 Å². The van der Waals surface area contributed by atoms with Gasteiger partial charge in [-0.15, -0.1) is 11.3 Å². The summed E-state index contributed by atoms with van der Waals surface area (Å²) in [4.78, 5) is 14.6. The van der Waals surface area contributed by atoms with E-state index in [1.54, 1.807) is 17.4 Å². The zero-order valence-corrected chi connectivity index (χ0v) is 12.3. The van der Waals surface area contributed by atoms with Crippen molar-refractivity contribution in [1.82, 2.24) is 14.2 Å². The van der Waals surface area contributed by atoms with E-state index in [4.69, 9.17) is 0 Å². The van der Waals surface area contributed by atoms with Crippen LogP contribution >= 0.6 is 22.9 Å². The van der Waals surface area contributed by atoms with Crippen LogP contribution in [-0.4, -0.2) is 27.2 Å². The lowest BCUT2D eigenvalue weighted by molar-refractivity contribution is 0.0595. The van der Waals surface area contributed by atoms with Crippen LogP contribution in [0.1, 0.15) is 16.2 Å². The van der Waals surface area contributed by atoms with Crippen LogP contribution in [0.5, 0.6) is 0 Å². The Labute approximate surface area is 117 Å². The summed E-state index contributed by atoms with van der Waals surface area (Å²) in [7, 11) is 3.29. The molecule has 19 heavy (non-hydrogen) atoms.